The highest BCUT2D eigenvalue weighted by molar-refractivity contribution is 9.10. The minimum absolute atomic E-state index is 0.0575. The second-order valence-electron chi connectivity index (χ2n) is 9.67. The minimum atomic E-state index is -5.04. The number of halogens is 4. The summed E-state index contributed by atoms with van der Waals surface area (Å²) in [5.41, 5.74) is -2.70. The Morgan fingerprint density at radius 1 is 1.13 bits per heavy atom. The number of aromatic nitrogens is 1. The van der Waals surface area contributed by atoms with Crippen molar-refractivity contribution in [3.8, 4) is 5.75 Å². The van der Waals surface area contributed by atoms with Crippen molar-refractivity contribution in [2.45, 2.75) is 29.1 Å². The number of benzene rings is 3. The van der Waals surface area contributed by atoms with Gasteiger partial charge in [-0.3, -0.25) is 9.36 Å². The second kappa shape index (κ2) is 12.4. The lowest BCUT2D eigenvalue weighted by Crippen LogP contribution is -2.41. The van der Waals surface area contributed by atoms with E-state index in [-0.39, 0.29) is 27.3 Å². The maximum Gasteiger partial charge on any atom is 0.434 e. The average Bonchev–Trinajstić information content (AvgIpc) is 3.53. The number of esters is 1. The number of fused-ring (bicyclic) bond motifs is 2. The maximum absolute atomic E-state index is 14.6. The summed E-state index contributed by atoms with van der Waals surface area (Å²) in [4.78, 5) is 32.0. The number of ether oxygens (including phenoxy) is 2. The predicted molar refractivity (Wildman–Crippen MR) is 168 cm³/mol. The quantitative estimate of drug-likeness (QED) is 0.169. The van der Waals surface area contributed by atoms with Gasteiger partial charge in [-0.25, -0.2) is 9.79 Å². The van der Waals surface area contributed by atoms with Crippen LogP contribution in [0.5, 0.6) is 5.75 Å². The van der Waals surface area contributed by atoms with Gasteiger partial charge in [0.1, 0.15) is 17.6 Å². The van der Waals surface area contributed by atoms with Crippen LogP contribution in [-0.4, -0.2) is 30.4 Å². The van der Waals surface area contributed by atoms with Crippen LogP contribution >= 0.6 is 39.0 Å². The van der Waals surface area contributed by atoms with E-state index in [9.17, 15) is 22.8 Å². The van der Waals surface area contributed by atoms with E-state index in [1.165, 1.54) is 31.9 Å². The Bertz CT molecular complexity index is 2150. The van der Waals surface area contributed by atoms with Crippen molar-refractivity contribution in [3.05, 3.63) is 120 Å². The molecule has 45 heavy (non-hydrogen) atoms. The van der Waals surface area contributed by atoms with Crippen LogP contribution in [0.1, 0.15) is 24.3 Å². The van der Waals surface area contributed by atoms with Gasteiger partial charge in [0, 0.05) is 16.5 Å². The van der Waals surface area contributed by atoms with Gasteiger partial charge in [-0.05, 0) is 57.9 Å². The highest BCUT2D eigenvalue weighted by Gasteiger charge is 2.46. The van der Waals surface area contributed by atoms with Gasteiger partial charge < -0.3 is 13.9 Å². The molecule has 1 atom stereocenters. The maximum atomic E-state index is 14.6. The van der Waals surface area contributed by atoms with Crippen molar-refractivity contribution in [3.63, 3.8) is 0 Å². The molecule has 0 fully saturated rings. The molecule has 1 aliphatic heterocycles. The summed E-state index contributed by atoms with van der Waals surface area (Å²) in [7, 11) is 1.37. The second-order valence-corrected chi connectivity index (χ2v) is 12.6. The summed E-state index contributed by atoms with van der Waals surface area (Å²) in [5, 5.41) is 1.70. The largest absolute Gasteiger partial charge is 0.496 e. The number of thiazole rings is 1. The first-order valence-electron chi connectivity index (χ1n) is 13.5. The van der Waals surface area contributed by atoms with E-state index in [0.29, 0.717) is 26.1 Å². The monoisotopic (exact) mass is 714 g/mol. The molecular weight excluding hydrogens is 693 g/mol. The normalized spacial score (nSPS) is 15.2. The lowest BCUT2D eigenvalue weighted by atomic mass is 9.90. The number of allylic oxidation sites excluding steroid dienone is 1. The third-order valence-corrected chi connectivity index (χ3v) is 9.75. The van der Waals surface area contributed by atoms with Crippen molar-refractivity contribution in [2.75, 3.05) is 13.7 Å². The van der Waals surface area contributed by atoms with Gasteiger partial charge in [0.15, 0.2) is 15.6 Å². The Hall–Kier alpha value is -4.07. The topological polar surface area (TPSA) is 83.0 Å². The molecule has 5 aromatic rings. The molecule has 7 nitrogen and oxygen atoms in total. The van der Waals surface area contributed by atoms with E-state index in [2.05, 4.69) is 20.9 Å². The Morgan fingerprint density at radius 3 is 2.58 bits per heavy atom. The minimum Gasteiger partial charge on any atom is -0.496 e. The van der Waals surface area contributed by atoms with Gasteiger partial charge in [0.25, 0.3) is 5.56 Å². The molecule has 0 amide bonds. The fourth-order valence-corrected chi connectivity index (χ4v) is 7.42. The van der Waals surface area contributed by atoms with Crippen molar-refractivity contribution in [1.82, 2.24) is 4.57 Å². The molecule has 0 N–H and O–H groups in total. The molecule has 0 saturated heterocycles. The Labute approximate surface area is 270 Å². The van der Waals surface area contributed by atoms with E-state index in [1.807, 2.05) is 30.3 Å². The molecular formula is C32H22BrF3N2O5S2. The van der Waals surface area contributed by atoms with Crippen molar-refractivity contribution in [1.29, 1.82) is 0 Å². The lowest BCUT2D eigenvalue weighted by molar-refractivity contribution is -0.140. The molecule has 3 heterocycles. The number of hydrogen-bond acceptors (Lipinski definition) is 8. The van der Waals surface area contributed by atoms with Gasteiger partial charge in [-0.2, -0.15) is 13.2 Å². The van der Waals surface area contributed by atoms with Gasteiger partial charge >= 0.3 is 12.1 Å². The summed E-state index contributed by atoms with van der Waals surface area (Å²) in [6.07, 6.45) is -3.59. The molecule has 6 rings (SSSR count). The zero-order valence-electron chi connectivity index (χ0n) is 23.6. The summed E-state index contributed by atoms with van der Waals surface area (Å²) in [6.45, 7) is 1.30. The zero-order valence-corrected chi connectivity index (χ0v) is 26.8. The van der Waals surface area contributed by atoms with E-state index < -0.39 is 35.0 Å². The highest BCUT2D eigenvalue weighted by Crippen LogP contribution is 2.43. The van der Waals surface area contributed by atoms with E-state index in [0.717, 1.165) is 20.8 Å². The first-order valence-corrected chi connectivity index (χ1v) is 15.9. The number of rotatable bonds is 7. The molecule has 3 aromatic carbocycles. The standard InChI is InChI=1S/C32H22BrF3N2O5S2/c1-3-42-29(40)25-26(24-20-12-8-7-9-17(20)13-14-22(24)41-2)38-28(39)23(45-31(38)37-27(25)32(34,35)36)16-18-15-21(33)30(43-18)44-19-10-5-4-6-11-19/h4-16,26H,3H2,1-2H3/b23-16+/t26-/m1/s1. The van der Waals surface area contributed by atoms with Crippen LogP contribution < -0.4 is 19.6 Å². The molecule has 1 aliphatic rings. The number of carbonyl (C=O) groups is 1. The molecule has 0 spiro atoms. The zero-order chi connectivity index (χ0) is 31.9. The first-order chi connectivity index (χ1) is 21.6. The summed E-state index contributed by atoms with van der Waals surface area (Å²) in [6, 6.07) is 19.9. The lowest BCUT2D eigenvalue weighted by Gasteiger charge is -2.28. The van der Waals surface area contributed by atoms with Crippen LogP contribution in [0, 0.1) is 0 Å². The summed E-state index contributed by atoms with van der Waals surface area (Å²) in [5.74, 6) is -0.748. The van der Waals surface area contributed by atoms with Crippen molar-refractivity contribution >= 4 is 61.8 Å². The molecule has 0 saturated carbocycles. The van der Waals surface area contributed by atoms with E-state index in [1.54, 1.807) is 42.5 Å². The van der Waals surface area contributed by atoms with Gasteiger partial charge in [-0.1, -0.05) is 71.6 Å². The van der Waals surface area contributed by atoms with Crippen molar-refractivity contribution < 1.29 is 31.9 Å². The molecule has 13 heteroatoms. The fourth-order valence-electron chi connectivity index (χ4n) is 5.08. The van der Waals surface area contributed by atoms with Crippen molar-refractivity contribution in [2.24, 2.45) is 4.99 Å². The highest BCUT2D eigenvalue weighted by atomic mass is 79.9. The summed E-state index contributed by atoms with van der Waals surface area (Å²) < 4.78 is 62.5. The Balaban J connectivity index is 1.61. The SMILES string of the molecule is CCOC(=O)C1=C(C(F)(F)F)N=c2s/c(=C/c3cc(Br)c(Sc4ccccc4)o3)c(=O)n2[C@@H]1c1c(OC)ccc2ccccc12. The summed E-state index contributed by atoms with van der Waals surface area (Å²) >= 11 is 5.60. The van der Waals surface area contributed by atoms with Gasteiger partial charge in [0.2, 0.25) is 0 Å². The van der Waals surface area contributed by atoms with Crippen LogP contribution in [0.3, 0.4) is 0 Å². The van der Waals surface area contributed by atoms with Crippen LogP contribution in [0.4, 0.5) is 13.2 Å². The fraction of sp³-hybridized carbons (Fsp3) is 0.156. The molecule has 230 valence electrons. The number of methoxy groups -OCH3 is 1. The van der Waals surface area contributed by atoms with Crippen LogP contribution in [0.15, 0.2) is 113 Å². The van der Waals surface area contributed by atoms with Crippen LogP contribution in [-0.2, 0) is 9.53 Å². The Morgan fingerprint density at radius 2 is 1.87 bits per heavy atom. The smallest absolute Gasteiger partial charge is 0.434 e. The van der Waals surface area contributed by atoms with Gasteiger partial charge in [0.05, 0.1) is 28.3 Å². The number of hydrogen-bond donors (Lipinski definition) is 0. The molecule has 0 aliphatic carbocycles. The average molecular weight is 716 g/mol. The molecule has 0 bridgehead atoms. The number of furan rings is 1. The van der Waals surface area contributed by atoms with Gasteiger partial charge in [-0.15, -0.1) is 0 Å². The number of nitrogens with zero attached hydrogens (tertiary/aromatic N) is 2. The molecule has 0 unspecified atom stereocenters. The van der Waals surface area contributed by atoms with Crippen LogP contribution in [0.2, 0.25) is 0 Å². The Kier molecular flexibility index (Phi) is 8.51. The van der Waals surface area contributed by atoms with E-state index >= 15 is 0 Å². The third-order valence-electron chi connectivity index (χ3n) is 6.92. The number of carbonyl (C=O) groups excluding carboxylic acids is 1. The molecule has 0 radical (unpaired) electrons. The predicted octanol–water partition coefficient (Wildman–Crippen LogP) is 7.01. The van der Waals surface area contributed by atoms with Crippen LogP contribution in [0.25, 0.3) is 16.8 Å². The third kappa shape index (κ3) is 5.87. The molecule has 2 aromatic heterocycles. The first kappa shape index (κ1) is 30.9. The number of alkyl halides is 3. The van der Waals surface area contributed by atoms with E-state index in [4.69, 9.17) is 13.9 Å².